The average molecular weight is 263 g/mol. The summed E-state index contributed by atoms with van der Waals surface area (Å²) in [5, 5.41) is 8.70. The number of fused-ring (bicyclic) bond motifs is 1. The summed E-state index contributed by atoms with van der Waals surface area (Å²) < 4.78 is 5.78. The molecule has 0 spiro atoms. The number of aryl methyl sites for hydroxylation is 1. The lowest BCUT2D eigenvalue weighted by Gasteiger charge is -2.22. The molecular weight excluding hydrogens is 238 g/mol. The van der Waals surface area contributed by atoms with Crippen LogP contribution in [0, 0.1) is 0 Å². The van der Waals surface area contributed by atoms with Crippen LogP contribution in [0.3, 0.4) is 0 Å². The van der Waals surface area contributed by atoms with E-state index in [0.29, 0.717) is 6.61 Å². The third kappa shape index (κ3) is 4.22. The zero-order valence-electron chi connectivity index (χ0n) is 11.6. The molecule has 0 aromatic heterocycles. The fourth-order valence-corrected chi connectivity index (χ4v) is 2.66. The number of nitrogens with two attached hydrogens (primary N) is 1. The van der Waals surface area contributed by atoms with E-state index in [1.807, 2.05) is 0 Å². The molecule has 1 aliphatic carbocycles. The predicted octanol–water partition coefficient (Wildman–Crippen LogP) is 2.95. The Labute approximate surface area is 115 Å². The summed E-state index contributed by atoms with van der Waals surface area (Å²) in [5.41, 5.74) is 8.80. The first-order chi connectivity index (χ1) is 9.31. The van der Waals surface area contributed by atoms with Crippen molar-refractivity contribution in [2.24, 2.45) is 5.73 Å². The van der Waals surface area contributed by atoms with Gasteiger partial charge in [-0.25, -0.2) is 0 Å². The van der Waals surface area contributed by atoms with Gasteiger partial charge >= 0.3 is 0 Å². The minimum absolute atomic E-state index is 0.178. The number of hydrogen-bond acceptors (Lipinski definition) is 3. The van der Waals surface area contributed by atoms with E-state index in [0.717, 1.165) is 50.9 Å². The van der Waals surface area contributed by atoms with Crippen LogP contribution in [-0.4, -0.2) is 18.3 Å². The van der Waals surface area contributed by atoms with E-state index in [1.165, 1.54) is 17.5 Å². The van der Waals surface area contributed by atoms with E-state index in [-0.39, 0.29) is 6.04 Å². The second kappa shape index (κ2) is 7.51. The van der Waals surface area contributed by atoms with E-state index < -0.39 is 0 Å². The van der Waals surface area contributed by atoms with Gasteiger partial charge in [0, 0.05) is 12.6 Å². The molecule has 0 heterocycles. The Morgan fingerprint density at radius 2 is 2.05 bits per heavy atom. The molecule has 3 nitrogen and oxygen atoms in total. The number of hydrogen-bond donors (Lipinski definition) is 2. The standard InChI is InChI=1S/C16H25NO2/c17-16-7-5-6-13-8-9-14(12-15(13)16)19-11-4-2-1-3-10-18/h8-9,12,16,18H,1-7,10-11,17H2. The molecule has 1 atom stereocenters. The number of benzene rings is 1. The van der Waals surface area contributed by atoms with Gasteiger partial charge in [0.15, 0.2) is 0 Å². The molecule has 0 radical (unpaired) electrons. The van der Waals surface area contributed by atoms with Gasteiger partial charge < -0.3 is 15.6 Å². The first kappa shape index (κ1) is 14.4. The largest absolute Gasteiger partial charge is 0.494 e. The Kier molecular flexibility index (Phi) is 5.67. The smallest absolute Gasteiger partial charge is 0.119 e. The van der Waals surface area contributed by atoms with Crippen LogP contribution >= 0.6 is 0 Å². The van der Waals surface area contributed by atoms with Crippen LogP contribution in [0.5, 0.6) is 5.75 Å². The van der Waals surface area contributed by atoms with Gasteiger partial charge in [0.05, 0.1) is 6.61 Å². The zero-order valence-corrected chi connectivity index (χ0v) is 11.6. The Hall–Kier alpha value is -1.06. The summed E-state index contributed by atoms with van der Waals surface area (Å²) >= 11 is 0. The molecule has 0 saturated carbocycles. The molecule has 1 aliphatic rings. The number of aliphatic hydroxyl groups excluding tert-OH is 1. The maximum absolute atomic E-state index is 8.70. The predicted molar refractivity (Wildman–Crippen MR) is 77.4 cm³/mol. The number of unbranched alkanes of at least 4 members (excludes halogenated alkanes) is 3. The molecule has 0 saturated heterocycles. The van der Waals surface area contributed by atoms with Crippen LogP contribution in [0.25, 0.3) is 0 Å². The molecule has 0 amide bonds. The minimum atomic E-state index is 0.178. The van der Waals surface area contributed by atoms with E-state index in [9.17, 15) is 0 Å². The Bertz CT molecular complexity index is 392. The van der Waals surface area contributed by atoms with Crippen molar-refractivity contribution in [2.75, 3.05) is 13.2 Å². The molecule has 106 valence electrons. The molecule has 0 bridgehead atoms. The summed E-state index contributed by atoms with van der Waals surface area (Å²) in [6.07, 6.45) is 7.55. The van der Waals surface area contributed by atoms with Crippen molar-refractivity contribution in [1.82, 2.24) is 0 Å². The lowest BCUT2D eigenvalue weighted by atomic mass is 9.88. The average Bonchev–Trinajstić information content (AvgIpc) is 2.43. The van der Waals surface area contributed by atoms with Crippen LogP contribution in [0.2, 0.25) is 0 Å². The maximum atomic E-state index is 8.70. The normalized spacial score (nSPS) is 18.1. The molecule has 3 heteroatoms. The molecule has 0 fully saturated rings. The van der Waals surface area contributed by atoms with Crippen molar-refractivity contribution < 1.29 is 9.84 Å². The Balaban J connectivity index is 1.79. The number of rotatable bonds is 7. The van der Waals surface area contributed by atoms with Crippen molar-refractivity contribution in [3.8, 4) is 5.75 Å². The topological polar surface area (TPSA) is 55.5 Å². The van der Waals surface area contributed by atoms with Crippen molar-refractivity contribution in [2.45, 2.75) is 51.0 Å². The maximum Gasteiger partial charge on any atom is 0.119 e. The summed E-state index contributed by atoms with van der Waals surface area (Å²) in [5.74, 6) is 0.943. The highest BCUT2D eigenvalue weighted by molar-refractivity contribution is 5.39. The zero-order chi connectivity index (χ0) is 13.5. The highest BCUT2D eigenvalue weighted by Gasteiger charge is 2.17. The molecule has 19 heavy (non-hydrogen) atoms. The summed E-state index contributed by atoms with van der Waals surface area (Å²) in [4.78, 5) is 0. The van der Waals surface area contributed by atoms with Gasteiger partial charge in [-0.05, 0) is 61.8 Å². The molecule has 3 N–H and O–H groups in total. The third-order valence-electron chi connectivity index (χ3n) is 3.80. The molecule has 1 aromatic carbocycles. The highest BCUT2D eigenvalue weighted by atomic mass is 16.5. The van der Waals surface area contributed by atoms with Crippen molar-refractivity contribution >= 4 is 0 Å². The molecule has 1 aromatic rings. The Morgan fingerprint density at radius 1 is 1.21 bits per heavy atom. The minimum Gasteiger partial charge on any atom is -0.494 e. The van der Waals surface area contributed by atoms with Crippen LogP contribution in [-0.2, 0) is 6.42 Å². The molecule has 1 unspecified atom stereocenters. The van der Waals surface area contributed by atoms with Crippen molar-refractivity contribution in [3.63, 3.8) is 0 Å². The first-order valence-corrected chi connectivity index (χ1v) is 7.43. The number of ether oxygens (including phenoxy) is 1. The monoisotopic (exact) mass is 263 g/mol. The van der Waals surface area contributed by atoms with Gasteiger partial charge in [0.1, 0.15) is 5.75 Å². The van der Waals surface area contributed by atoms with Gasteiger partial charge in [-0.2, -0.15) is 0 Å². The molecule has 2 rings (SSSR count). The lowest BCUT2D eigenvalue weighted by molar-refractivity contribution is 0.273. The van der Waals surface area contributed by atoms with Crippen molar-refractivity contribution in [3.05, 3.63) is 29.3 Å². The van der Waals surface area contributed by atoms with E-state index in [1.54, 1.807) is 0 Å². The van der Waals surface area contributed by atoms with Gasteiger partial charge in [-0.15, -0.1) is 0 Å². The summed E-state index contributed by atoms with van der Waals surface area (Å²) in [6, 6.07) is 6.52. The van der Waals surface area contributed by atoms with Crippen molar-refractivity contribution in [1.29, 1.82) is 0 Å². The Morgan fingerprint density at radius 3 is 2.89 bits per heavy atom. The third-order valence-corrected chi connectivity index (χ3v) is 3.80. The highest BCUT2D eigenvalue weighted by Crippen LogP contribution is 2.30. The van der Waals surface area contributed by atoms with Gasteiger partial charge in [-0.3, -0.25) is 0 Å². The van der Waals surface area contributed by atoms with Gasteiger partial charge in [0.25, 0.3) is 0 Å². The number of aliphatic hydroxyl groups is 1. The second-order valence-electron chi connectivity index (χ2n) is 5.35. The second-order valence-corrected chi connectivity index (χ2v) is 5.35. The fraction of sp³-hybridized carbons (Fsp3) is 0.625. The molecular formula is C16H25NO2. The summed E-state index contributed by atoms with van der Waals surface area (Å²) in [7, 11) is 0. The van der Waals surface area contributed by atoms with E-state index in [4.69, 9.17) is 15.6 Å². The lowest BCUT2D eigenvalue weighted by Crippen LogP contribution is -2.17. The quantitative estimate of drug-likeness (QED) is 0.744. The van der Waals surface area contributed by atoms with Crippen LogP contribution in [0.15, 0.2) is 18.2 Å². The SMILES string of the molecule is NC1CCCc2ccc(OCCCCCCO)cc21. The van der Waals surface area contributed by atoms with E-state index in [2.05, 4.69) is 18.2 Å². The van der Waals surface area contributed by atoms with Crippen LogP contribution in [0.1, 0.15) is 55.7 Å². The molecule has 0 aliphatic heterocycles. The van der Waals surface area contributed by atoms with Crippen LogP contribution in [0.4, 0.5) is 0 Å². The van der Waals surface area contributed by atoms with Gasteiger partial charge in [0.2, 0.25) is 0 Å². The van der Waals surface area contributed by atoms with Crippen LogP contribution < -0.4 is 10.5 Å². The fourth-order valence-electron chi connectivity index (χ4n) is 2.66. The summed E-state index contributed by atoms with van der Waals surface area (Å²) in [6.45, 7) is 1.04. The van der Waals surface area contributed by atoms with Gasteiger partial charge in [-0.1, -0.05) is 12.5 Å². The van der Waals surface area contributed by atoms with E-state index >= 15 is 0 Å². The first-order valence-electron chi connectivity index (χ1n) is 7.43.